The van der Waals surface area contributed by atoms with E-state index in [4.69, 9.17) is 4.42 Å². The number of oxazole rings is 1. The summed E-state index contributed by atoms with van der Waals surface area (Å²) in [5.41, 5.74) is 1.60. The minimum atomic E-state index is -1.000. The number of carbonyl (C=O) groups is 2. The number of urea groups is 1. The molecule has 140 valence electrons. The second-order valence-electron chi connectivity index (χ2n) is 7.01. The molecule has 2 aliphatic rings. The van der Waals surface area contributed by atoms with Crippen molar-refractivity contribution in [2.45, 2.75) is 24.9 Å². The Balaban J connectivity index is 1.40. The number of imide groups is 1. The lowest BCUT2D eigenvalue weighted by molar-refractivity contribution is -0.132. The molecule has 1 aliphatic heterocycles. The van der Waals surface area contributed by atoms with E-state index in [0.717, 1.165) is 22.4 Å². The maximum atomic E-state index is 13.2. The fraction of sp³-hybridized carbons (Fsp3) is 0.190. The number of fused-ring (bicyclic) bond motifs is 2. The number of rotatable bonds is 3. The van der Waals surface area contributed by atoms with Gasteiger partial charge in [0.25, 0.3) is 5.91 Å². The highest BCUT2D eigenvalue weighted by Crippen LogP contribution is 2.41. The van der Waals surface area contributed by atoms with Gasteiger partial charge in [0.05, 0.1) is 6.20 Å². The van der Waals surface area contributed by atoms with Gasteiger partial charge in [-0.3, -0.25) is 9.69 Å². The first-order valence-electron chi connectivity index (χ1n) is 9.00. The third-order valence-electron chi connectivity index (χ3n) is 5.40. The van der Waals surface area contributed by atoms with Gasteiger partial charge in [-0.1, -0.05) is 24.3 Å². The number of hydrogen-bond acceptors (Lipinski definition) is 4. The number of hydrogen-bond donors (Lipinski definition) is 1. The summed E-state index contributed by atoms with van der Waals surface area (Å²) in [6, 6.07) is 13.0. The zero-order valence-electron chi connectivity index (χ0n) is 14.8. The van der Waals surface area contributed by atoms with Crippen LogP contribution in [0.5, 0.6) is 0 Å². The van der Waals surface area contributed by atoms with Gasteiger partial charge in [0.2, 0.25) is 5.89 Å². The van der Waals surface area contributed by atoms with E-state index in [1.807, 2.05) is 24.3 Å². The van der Waals surface area contributed by atoms with Crippen LogP contribution in [0.25, 0.3) is 11.3 Å². The van der Waals surface area contributed by atoms with E-state index in [2.05, 4.69) is 10.3 Å². The fourth-order valence-corrected chi connectivity index (χ4v) is 4.00. The van der Waals surface area contributed by atoms with Crippen LogP contribution in [0.4, 0.5) is 9.18 Å². The molecule has 3 amide bonds. The van der Waals surface area contributed by atoms with Crippen LogP contribution in [-0.4, -0.2) is 21.8 Å². The van der Waals surface area contributed by atoms with Gasteiger partial charge >= 0.3 is 6.03 Å². The number of carbonyl (C=O) groups excluding carboxylic acids is 2. The molecule has 0 unspecified atom stereocenters. The number of nitrogens with one attached hydrogen (secondary N) is 1. The molecule has 6 nitrogen and oxygen atoms in total. The molecule has 28 heavy (non-hydrogen) atoms. The van der Waals surface area contributed by atoms with E-state index in [0.29, 0.717) is 17.7 Å². The molecule has 2 aromatic carbocycles. The van der Waals surface area contributed by atoms with Crippen molar-refractivity contribution in [3.05, 3.63) is 77.6 Å². The molecule has 1 aromatic heterocycles. The summed E-state index contributed by atoms with van der Waals surface area (Å²) in [5.74, 6) is 0.0584. The summed E-state index contributed by atoms with van der Waals surface area (Å²) in [6.45, 7) is -0.0597. The average molecular weight is 377 g/mol. The standard InChI is InChI=1S/C21H16FN3O3/c22-15-7-5-14(6-8-15)17-11-23-18(28-17)12-25-19(26)21(24-20(25)27)10-9-13-3-1-2-4-16(13)21/h1-8,11H,9-10,12H2,(H,24,27)/t21-/m0/s1. The van der Waals surface area contributed by atoms with Gasteiger partial charge in [-0.15, -0.1) is 0 Å². The average Bonchev–Trinajstić information content (AvgIpc) is 3.37. The lowest BCUT2D eigenvalue weighted by Gasteiger charge is -2.22. The first-order chi connectivity index (χ1) is 13.6. The van der Waals surface area contributed by atoms with Crippen molar-refractivity contribution in [2.75, 3.05) is 0 Å². The molecule has 5 rings (SSSR count). The van der Waals surface area contributed by atoms with Crippen molar-refractivity contribution < 1.29 is 18.4 Å². The van der Waals surface area contributed by atoms with Gasteiger partial charge in [0, 0.05) is 5.56 Å². The Hall–Kier alpha value is -3.48. The van der Waals surface area contributed by atoms with Crippen LogP contribution in [-0.2, 0) is 23.3 Å². The third kappa shape index (κ3) is 2.43. The Bertz CT molecular complexity index is 1090. The van der Waals surface area contributed by atoms with Crippen LogP contribution in [0.15, 0.2) is 59.1 Å². The predicted octanol–water partition coefficient (Wildman–Crippen LogP) is 3.37. The largest absolute Gasteiger partial charge is 0.439 e. The molecular weight excluding hydrogens is 361 g/mol. The van der Waals surface area contributed by atoms with Crippen molar-refractivity contribution in [1.29, 1.82) is 0 Å². The Morgan fingerprint density at radius 1 is 1.14 bits per heavy atom. The SMILES string of the molecule is O=C1N[C@]2(CCc3ccccc32)C(=O)N1Cc1ncc(-c2ccc(F)cc2)o1. The van der Waals surface area contributed by atoms with E-state index in [1.54, 1.807) is 12.1 Å². The molecule has 1 atom stereocenters. The summed E-state index contributed by atoms with van der Waals surface area (Å²) in [6.07, 6.45) is 2.78. The van der Waals surface area contributed by atoms with Gasteiger partial charge in [-0.2, -0.15) is 0 Å². The fourth-order valence-electron chi connectivity index (χ4n) is 4.00. The lowest BCUT2D eigenvalue weighted by Crippen LogP contribution is -2.41. The van der Waals surface area contributed by atoms with Gasteiger partial charge in [-0.25, -0.2) is 14.2 Å². The summed E-state index contributed by atoms with van der Waals surface area (Å²) < 4.78 is 18.8. The number of benzene rings is 2. The van der Waals surface area contributed by atoms with Crippen LogP contribution >= 0.6 is 0 Å². The molecule has 0 radical (unpaired) electrons. The Morgan fingerprint density at radius 3 is 2.75 bits per heavy atom. The highest BCUT2D eigenvalue weighted by molar-refractivity contribution is 6.08. The lowest BCUT2D eigenvalue weighted by atomic mass is 9.92. The molecule has 0 saturated carbocycles. The molecule has 1 N–H and O–H groups in total. The van der Waals surface area contributed by atoms with E-state index < -0.39 is 11.6 Å². The second-order valence-corrected chi connectivity index (χ2v) is 7.01. The smallest absolute Gasteiger partial charge is 0.325 e. The zero-order valence-corrected chi connectivity index (χ0v) is 14.8. The third-order valence-corrected chi connectivity index (χ3v) is 5.40. The maximum absolute atomic E-state index is 13.2. The number of halogens is 1. The van der Waals surface area contributed by atoms with Crippen LogP contribution in [0.1, 0.15) is 23.4 Å². The van der Waals surface area contributed by atoms with E-state index in [9.17, 15) is 14.0 Å². The Labute approximate surface area is 160 Å². The van der Waals surface area contributed by atoms with Crippen molar-refractivity contribution in [3.8, 4) is 11.3 Å². The van der Waals surface area contributed by atoms with Crippen molar-refractivity contribution in [2.24, 2.45) is 0 Å². The Kier molecular flexibility index (Phi) is 3.58. The minimum absolute atomic E-state index is 0.0597. The highest BCUT2D eigenvalue weighted by atomic mass is 19.1. The molecule has 7 heteroatoms. The molecule has 2 heterocycles. The number of nitrogens with zero attached hydrogens (tertiary/aromatic N) is 2. The number of amides is 3. The second kappa shape index (κ2) is 6.02. The molecule has 1 saturated heterocycles. The van der Waals surface area contributed by atoms with Crippen molar-refractivity contribution >= 4 is 11.9 Å². The first-order valence-corrected chi connectivity index (χ1v) is 9.00. The molecule has 1 spiro atoms. The Morgan fingerprint density at radius 2 is 1.93 bits per heavy atom. The topological polar surface area (TPSA) is 75.4 Å². The maximum Gasteiger partial charge on any atom is 0.325 e. The first kappa shape index (κ1) is 16.7. The minimum Gasteiger partial charge on any atom is -0.439 e. The summed E-state index contributed by atoms with van der Waals surface area (Å²) in [7, 11) is 0. The van der Waals surface area contributed by atoms with Gasteiger partial charge in [0.15, 0.2) is 5.76 Å². The summed E-state index contributed by atoms with van der Waals surface area (Å²) >= 11 is 0. The van der Waals surface area contributed by atoms with Gasteiger partial charge < -0.3 is 9.73 Å². The van der Waals surface area contributed by atoms with Crippen LogP contribution < -0.4 is 5.32 Å². The molecule has 1 fully saturated rings. The number of aromatic nitrogens is 1. The van der Waals surface area contributed by atoms with Crippen molar-refractivity contribution in [1.82, 2.24) is 15.2 Å². The zero-order chi connectivity index (χ0) is 19.3. The van der Waals surface area contributed by atoms with Crippen molar-refractivity contribution in [3.63, 3.8) is 0 Å². The van der Waals surface area contributed by atoms with E-state index in [1.165, 1.54) is 18.3 Å². The predicted molar refractivity (Wildman–Crippen MR) is 97.4 cm³/mol. The van der Waals surface area contributed by atoms with E-state index in [-0.39, 0.29) is 24.2 Å². The summed E-state index contributed by atoms with van der Waals surface area (Å²) in [4.78, 5) is 31.0. The molecule has 1 aliphatic carbocycles. The quantitative estimate of drug-likeness (QED) is 0.710. The van der Waals surface area contributed by atoms with Gasteiger partial charge in [0.1, 0.15) is 17.9 Å². The molecule has 3 aromatic rings. The number of aryl methyl sites for hydroxylation is 1. The van der Waals surface area contributed by atoms with Crippen LogP contribution in [0.2, 0.25) is 0 Å². The summed E-state index contributed by atoms with van der Waals surface area (Å²) in [5, 5.41) is 2.88. The van der Waals surface area contributed by atoms with Crippen LogP contribution in [0, 0.1) is 5.82 Å². The monoisotopic (exact) mass is 377 g/mol. The highest BCUT2D eigenvalue weighted by Gasteiger charge is 2.55. The molecular formula is C21H16FN3O3. The van der Waals surface area contributed by atoms with Gasteiger partial charge in [-0.05, 0) is 48.2 Å². The normalized spacial score (nSPS) is 20.7. The molecule has 0 bridgehead atoms. The van der Waals surface area contributed by atoms with E-state index >= 15 is 0 Å². The van der Waals surface area contributed by atoms with Crippen LogP contribution in [0.3, 0.4) is 0 Å².